The normalized spacial score (nSPS) is 13.6. The molecule has 0 radical (unpaired) electrons. The Bertz CT molecular complexity index is 951. The predicted octanol–water partition coefficient (Wildman–Crippen LogP) is 4.27. The molecule has 0 spiro atoms. The Morgan fingerprint density at radius 1 is 1.00 bits per heavy atom. The highest BCUT2D eigenvalue weighted by Crippen LogP contribution is 2.30. The summed E-state index contributed by atoms with van der Waals surface area (Å²) in [5, 5.41) is 14.5. The molecule has 2 N–H and O–H groups in total. The number of amides is 2. The van der Waals surface area contributed by atoms with Crippen LogP contribution < -0.4 is 10.6 Å². The fraction of sp³-hybridized carbons (Fsp3) is 0.273. The first-order valence-corrected chi connectivity index (χ1v) is 11.7. The molecule has 6 nitrogen and oxygen atoms in total. The van der Waals surface area contributed by atoms with Gasteiger partial charge in [-0.3, -0.25) is 9.59 Å². The van der Waals surface area contributed by atoms with Crippen molar-refractivity contribution in [2.24, 2.45) is 5.92 Å². The third kappa shape index (κ3) is 5.25. The smallest absolute Gasteiger partial charge is 0.231 e. The van der Waals surface area contributed by atoms with Crippen molar-refractivity contribution in [2.75, 3.05) is 11.1 Å². The topological polar surface area (TPSA) is 84.0 Å². The Kier molecular flexibility index (Phi) is 6.76. The number of aromatic nitrogens is 2. The van der Waals surface area contributed by atoms with E-state index in [9.17, 15) is 9.59 Å². The molecule has 30 heavy (non-hydrogen) atoms. The number of nitrogens with zero attached hydrogens (tertiary/aromatic N) is 2. The first-order valence-electron chi connectivity index (χ1n) is 9.85. The summed E-state index contributed by atoms with van der Waals surface area (Å²) in [6, 6.07) is 19.6. The number of carbonyl (C=O) groups is 2. The largest absolute Gasteiger partial charge is 0.344 e. The average Bonchev–Trinajstić information content (AvgIpc) is 3.17. The summed E-state index contributed by atoms with van der Waals surface area (Å²) in [4.78, 5) is 24.7. The number of hydrogen-bond acceptors (Lipinski definition) is 6. The number of hydrogen-bond donors (Lipinski definition) is 2. The Morgan fingerprint density at radius 2 is 1.63 bits per heavy atom. The van der Waals surface area contributed by atoms with Crippen molar-refractivity contribution >= 4 is 40.0 Å². The Balaban J connectivity index is 1.34. The zero-order valence-electron chi connectivity index (χ0n) is 16.3. The van der Waals surface area contributed by atoms with Gasteiger partial charge in [0, 0.05) is 5.92 Å². The highest BCUT2D eigenvalue weighted by Gasteiger charge is 2.26. The van der Waals surface area contributed by atoms with Gasteiger partial charge in [0.2, 0.25) is 16.9 Å². The standard InChI is InChI=1S/C22H22N4O2S2/c27-18(14-29-22-26-25-21(30-22)24-20(28)17-12-7-13-17)23-19(15-8-3-1-4-9-15)16-10-5-2-6-11-16/h1-6,8-11,17,19H,7,12-14H2,(H,23,27)(H,24,25,28). The molecule has 8 heteroatoms. The number of anilines is 1. The molecule has 1 aliphatic rings. The molecule has 2 amide bonds. The summed E-state index contributed by atoms with van der Waals surface area (Å²) < 4.78 is 0.657. The molecule has 3 aromatic rings. The van der Waals surface area contributed by atoms with Gasteiger partial charge in [-0.1, -0.05) is 90.2 Å². The molecule has 1 aliphatic carbocycles. The molecule has 0 saturated heterocycles. The lowest BCUT2D eigenvalue weighted by Gasteiger charge is -2.23. The van der Waals surface area contributed by atoms with E-state index in [-0.39, 0.29) is 29.5 Å². The Hall–Kier alpha value is -2.71. The number of rotatable bonds is 8. The summed E-state index contributed by atoms with van der Waals surface area (Å²) >= 11 is 2.61. The lowest BCUT2D eigenvalue weighted by Crippen LogP contribution is -2.30. The zero-order chi connectivity index (χ0) is 20.8. The maximum absolute atomic E-state index is 12.6. The first kappa shape index (κ1) is 20.6. The van der Waals surface area contributed by atoms with Crippen LogP contribution in [0.5, 0.6) is 0 Å². The minimum Gasteiger partial charge on any atom is -0.344 e. The van der Waals surface area contributed by atoms with Crippen molar-refractivity contribution in [1.29, 1.82) is 0 Å². The van der Waals surface area contributed by atoms with Crippen molar-refractivity contribution in [1.82, 2.24) is 15.5 Å². The third-order valence-electron chi connectivity index (χ3n) is 5.01. The quantitative estimate of drug-likeness (QED) is 0.405. The molecule has 1 saturated carbocycles. The highest BCUT2D eigenvalue weighted by atomic mass is 32.2. The van der Waals surface area contributed by atoms with Gasteiger partial charge in [0.15, 0.2) is 4.34 Å². The molecule has 154 valence electrons. The SMILES string of the molecule is O=C(CSc1nnc(NC(=O)C2CCC2)s1)NC(c1ccccc1)c1ccccc1. The van der Waals surface area contributed by atoms with Crippen LogP contribution in [0.1, 0.15) is 36.4 Å². The number of benzene rings is 2. The van der Waals surface area contributed by atoms with Gasteiger partial charge in [-0.15, -0.1) is 10.2 Å². The maximum atomic E-state index is 12.6. The summed E-state index contributed by atoms with van der Waals surface area (Å²) in [6.45, 7) is 0. The van der Waals surface area contributed by atoms with Crippen LogP contribution in [0.15, 0.2) is 65.0 Å². The lowest BCUT2D eigenvalue weighted by molar-refractivity contribution is -0.122. The van der Waals surface area contributed by atoms with E-state index >= 15 is 0 Å². The van der Waals surface area contributed by atoms with Gasteiger partial charge in [-0.2, -0.15) is 0 Å². The van der Waals surface area contributed by atoms with Crippen LogP contribution in [0, 0.1) is 5.92 Å². The number of carbonyl (C=O) groups excluding carboxylic acids is 2. The molecule has 1 heterocycles. The second-order valence-corrected chi connectivity index (χ2v) is 9.30. The van der Waals surface area contributed by atoms with Crippen LogP contribution in [-0.2, 0) is 9.59 Å². The van der Waals surface area contributed by atoms with E-state index in [1.54, 1.807) is 0 Å². The van der Waals surface area contributed by atoms with Gasteiger partial charge in [-0.05, 0) is 24.0 Å². The molecule has 0 unspecified atom stereocenters. The maximum Gasteiger partial charge on any atom is 0.231 e. The summed E-state index contributed by atoms with van der Waals surface area (Å²) in [7, 11) is 0. The second-order valence-electron chi connectivity index (χ2n) is 7.10. The number of nitrogens with one attached hydrogen (secondary N) is 2. The summed E-state index contributed by atoms with van der Waals surface area (Å²) in [5.41, 5.74) is 2.05. The molecule has 0 bridgehead atoms. The van der Waals surface area contributed by atoms with Crippen LogP contribution in [0.4, 0.5) is 5.13 Å². The van der Waals surface area contributed by atoms with Crippen LogP contribution in [-0.4, -0.2) is 27.8 Å². The number of thioether (sulfide) groups is 1. The third-order valence-corrected chi connectivity index (χ3v) is 6.98. The van der Waals surface area contributed by atoms with E-state index in [0.717, 1.165) is 30.4 Å². The Morgan fingerprint density at radius 3 is 2.20 bits per heavy atom. The molecule has 2 aromatic carbocycles. The minimum atomic E-state index is -0.216. The first-order chi connectivity index (χ1) is 14.7. The van der Waals surface area contributed by atoms with Crippen LogP contribution in [0.3, 0.4) is 0 Å². The van der Waals surface area contributed by atoms with Crippen molar-refractivity contribution in [3.8, 4) is 0 Å². The highest BCUT2D eigenvalue weighted by molar-refractivity contribution is 8.01. The van der Waals surface area contributed by atoms with Crippen molar-refractivity contribution in [2.45, 2.75) is 29.6 Å². The minimum absolute atomic E-state index is 0.0141. The monoisotopic (exact) mass is 438 g/mol. The average molecular weight is 439 g/mol. The predicted molar refractivity (Wildman–Crippen MR) is 119 cm³/mol. The van der Waals surface area contributed by atoms with E-state index < -0.39 is 0 Å². The van der Waals surface area contributed by atoms with Crippen LogP contribution in [0.2, 0.25) is 0 Å². The zero-order valence-corrected chi connectivity index (χ0v) is 17.9. The van der Waals surface area contributed by atoms with Gasteiger partial charge in [0.05, 0.1) is 11.8 Å². The fourth-order valence-electron chi connectivity index (χ4n) is 3.18. The Labute approximate surface area is 183 Å². The second kappa shape index (κ2) is 9.86. The molecule has 1 fully saturated rings. The van der Waals surface area contributed by atoms with Gasteiger partial charge < -0.3 is 10.6 Å². The van der Waals surface area contributed by atoms with Crippen molar-refractivity contribution < 1.29 is 9.59 Å². The van der Waals surface area contributed by atoms with E-state index in [0.29, 0.717) is 9.47 Å². The van der Waals surface area contributed by atoms with Crippen LogP contribution in [0.25, 0.3) is 0 Å². The molecular weight excluding hydrogens is 416 g/mol. The molecular formula is C22H22N4O2S2. The van der Waals surface area contributed by atoms with E-state index in [4.69, 9.17) is 0 Å². The van der Waals surface area contributed by atoms with Gasteiger partial charge >= 0.3 is 0 Å². The van der Waals surface area contributed by atoms with Gasteiger partial charge in [0.25, 0.3) is 0 Å². The van der Waals surface area contributed by atoms with Crippen LogP contribution >= 0.6 is 23.1 Å². The van der Waals surface area contributed by atoms with Gasteiger partial charge in [-0.25, -0.2) is 0 Å². The molecule has 1 aromatic heterocycles. The molecule has 4 rings (SSSR count). The van der Waals surface area contributed by atoms with E-state index in [2.05, 4.69) is 20.8 Å². The summed E-state index contributed by atoms with van der Waals surface area (Å²) in [6.07, 6.45) is 2.99. The molecule has 0 aliphatic heterocycles. The fourth-order valence-corrected chi connectivity index (χ4v) is 4.74. The van der Waals surface area contributed by atoms with Gasteiger partial charge in [0.1, 0.15) is 0 Å². The summed E-state index contributed by atoms with van der Waals surface area (Å²) in [5.74, 6) is 0.248. The van der Waals surface area contributed by atoms with Crippen molar-refractivity contribution in [3.63, 3.8) is 0 Å². The molecule has 0 atom stereocenters. The lowest BCUT2D eigenvalue weighted by atomic mass is 9.85. The van der Waals surface area contributed by atoms with Crippen molar-refractivity contribution in [3.05, 3.63) is 71.8 Å². The van der Waals surface area contributed by atoms with E-state index in [1.165, 1.54) is 23.1 Å². The van der Waals surface area contributed by atoms with E-state index in [1.807, 2.05) is 60.7 Å².